The van der Waals surface area contributed by atoms with Gasteiger partial charge in [0.25, 0.3) is 0 Å². The minimum atomic E-state index is -0.669. The summed E-state index contributed by atoms with van der Waals surface area (Å²) in [5.41, 5.74) is 1.76. The van der Waals surface area contributed by atoms with Crippen LogP contribution in [0.4, 0.5) is 0 Å². The van der Waals surface area contributed by atoms with E-state index in [1.807, 2.05) is 24.3 Å². The number of quaternary nitrogens is 1. The van der Waals surface area contributed by atoms with Gasteiger partial charge in [-0.15, -0.1) is 0 Å². The lowest BCUT2D eigenvalue weighted by atomic mass is 9.70. The van der Waals surface area contributed by atoms with Gasteiger partial charge in [0.15, 0.2) is 0 Å². The van der Waals surface area contributed by atoms with Crippen molar-refractivity contribution in [1.82, 2.24) is 0 Å². The molecule has 1 saturated heterocycles. The monoisotopic (exact) mass is 378 g/mol. The van der Waals surface area contributed by atoms with Crippen LogP contribution in [-0.4, -0.2) is 10.7 Å². The Balaban J connectivity index is 1.95. The molecule has 2 aromatic carbocycles. The smallest absolute Gasteiger partial charge is 0.117 e. The van der Waals surface area contributed by atoms with Crippen molar-refractivity contribution in [3.63, 3.8) is 0 Å². The molecule has 1 aliphatic heterocycles. The molecule has 3 rings (SSSR count). The number of aliphatic hydroxyl groups is 1. The number of hydrogen-bond acceptors (Lipinski definition) is 1. The first-order valence-electron chi connectivity index (χ1n) is 9.01. The highest BCUT2D eigenvalue weighted by Gasteiger charge is 2.48. The second-order valence-corrected chi connectivity index (χ2v) is 8.15. The summed E-state index contributed by atoms with van der Waals surface area (Å²) in [4.78, 5) is 0. The van der Waals surface area contributed by atoms with Gasteiger partial charge in [-0.05, 0) is 30.7 Å². The quantitative estimate of drug-likeness (QED) is 0.778. The third kappa shape index (κ3) is 4.03. The molecule has 2 aromatic rings. The summed E-state index contributed by atoms with van der Waals surface area (Å²) in [6.07, 6.45) is 2.55. The SMILES string of the molecule is CCC[C@@]1(O)C[C@H](c2ccc(Cl)cc2)[NH2+][C@H](c2ccc(Cl)cc2)[C@@H]1C. The number of nitrogens with two attached hydrogens (primary N) is 1. The summed E-state index contributed by atoms with van der Waals surface area (Å²) >= 11 is 12.1. The first-order chi connectivity index (χ1) is 11.9. The van der Waals surface area contributed by atoms with Crippen LogP contribution in [0.1, 0.15) is 56.3 Å². The normalized spacial score (nSPS) is 29.6. The van der Waals surface area contributed by atoms with Gasteiger partial charge in [-0.3, -0.25) is 0 Å². The Hall–Kier alpha value is -1.06. The van der Waals surface area contributed by atoms with Crippen molar-refractivity contribution >= 4 is 23.2 Å². The third-order valence-electron chi connectivity index (χ3n) is 5.64. The fraction of sp³-hybridized carbons (Fsp3) is 0.429. The molecule has 0 amide bonds. The highest BCUT2D eigenvalue weighted by atomic mass is 35.5. The average molecular weight is 379 g/mol. The maximum atomic E-state index is 11.4. The Morgan fingerprint density at radius 1 is 1.00 bits per heavy atom. The molecule has 3 N–H and O–H groups in total. The molecular weight excluding hydrogens is 353 g/mol. The van der Waals surface area contributed by atoms with Crippen molar-refractivity contribution < 1.29 is 10.4 Å². The topological polar surface area (TPSA) is 36.8 Å². The van der Waals surface area contributed by atoms with Crippen LogP contribution in [0.5, 0.6) is 0 Å². The third-order valence-corrected chi connectivity index (χ3v) is 6.14. The van der Waals surface area contributed by atoms with Crippen molar-refractivity contribution in [3.05, 3.63) is 69.7 Å². The van der Waals surface area contributed by atoms with Crippen molar-refractivity contribution in [2.24, 2.45) is 5.92 Å². The van der Waals surface area contributed by atoms with Crippen LogP contribution in [0.2, 0.25) is 10.0 Å². The van der Waals surface area contributed by atoms with Crippen LogP contribution >= 0.6 is 23.2 Å². The van der Waals surface area contributed by atoms with Crippen LogP contribution in [0, 0.1) is 5.92 Å². The van der Waals surface area contributed by atoms with Crippen LogP contribution < -0.4 is 5.32 Å². The lowest BCUT2D eigenvalue weighted by Crippen LogP contribution is -2.91. The van der Waals surface area contributed by atoms with E-state index in [0.717, 1.165) is 29.3 Å². The zero-order valence-corrected chi connectivity index (χ0v) is 16.3. The molecule has 0 spiro atoms. The predicted octanol–water partition coefficient (Wildman–Crippen LogP) is 4.91. The van der Waals surface area contributed by atoms with Crippen LogP contribution in [0.25, 0.3) is 0 Å². The molecule has 1 fully saturated rings. The van der Waals surface area contributed by atoms with Crippen LogP contribution in [0.3, 0.4) is 0 Å². The molecular formula is C21H26Cl2NO+. The number of hydrogen-bond donors (Lipinski definition) is 2. The van der Waals surface area contributed by atoms with Gasteiger partial charge in [0.2, 0.25) is 0 Å². The van der Waals surface area contributed by atoms with E-state index in [9.17, 15) is 5.11 Å². The first-order valence-corrected chi connectivity index (χ1v) is 9.77. The number of piperidine rings is 1. The molecule has 4 atom stereocenters. The van der Waals surface area contributed by atoms with Crippen molar-refractivity contribution in [2.45, 2.75) is 50.8 Å². The number of benzene rings is 2. The van der Waals surface area contributed by atoms with E-state index in [1.54, 1.807) is 0 Å². The maximum absolute atomic E-state index is 11.4. The van der Waals surface area contributed by atoms with Crippen molar-refractivity contribution in [3.8, 4) is 0 Å². The van der Waals surface area contributed by atoms with Gasteiger partial charge in [-0.1, -0.05) is 67.7 Å². The van der Waals surface area contributed by atoms with Gasteiger partial charge in [0.05, 0.1) is 5.60 Å². The lowest BCUT2D eigenvalue weighted by molar-refractivity contribution is -0.756. The van der Waals surface area contributed by atoms with Crippen molar-refractivity contribution in [1.29, 1.82) is 0 Å². The molecule has 2 nitrogen and oxygen atoms in total. The number of halogens is 2. The van der Waals surface area contributed by atoms with E-state index in [4.69, 9.17) is 23.2 Å². The summed E-state index contributed by atoms with van der Waals surface area (Å²) in [7, 11) is 0. The summed E-state index contributed by atoms with van der Waals surface area (Å²) in [5, 5.41) is 15.3. The number of rotatable bonds is 4. The Morgan fingerprint density at radius 3 is 2.04 bits per heavy atom. The molecule has 0 bridgehead atoms. The zero-order chi connectivity index (χ0) is 18.0. The van der Waals surface area contributed by atoms with Gasteiger partial charge >= 0.3 is 0 Å². The highest BCUT2D eigenvalue weighted by molar-refractivity contribution is 6.30. The fourth-order valence-electron chi connectivity index (χ4n) is 4.17. The van der Waals surface area contributed by atoms with Crippen LogP contribution in [0.15, 0.2) is 48.5 Å². The molecule has 4 heteroatoms. The predicted molar refractivity (Wildman–Crippen MR) is 104 cm³/mol. The molecule has 0 radical (unpaired) electrons. The second-order valence-electron chi connectivity index (χ2n) is 7.27. The molecule has 25 heavy (non-hydrogen) atoms. The fourth-order valence-corrected chi connectivity index (χ4v) is 4.42. The van der Waals surface area contributed by atoms with E-state index >= 15 is 0 Å². The summed E-state index contributed by atoms with van der Waals surface area (Å²) in [6.45, 7) is 4.31. The highest BCUT2D eigenvalue weighted by Crippen LogP contribution is 2.41. The molecule has 1 heterocycles. The van der Waals surface area contributed by atoms with E-state index in [-0.39, 0.29) is 18.0 Å². The molecule has 0 aromatic heterocycles. The summed E-state index contributed by atoms with van der Waals surface area (Å²) in [5.74, 6) is 0.164. The van der Waals surface area contributed by atoms with Crippen molar-refractivity contribution in [2.75, 3.05) is 0 Å². The minimum Gasteiger partial charge on any atom is -0.389 e. The van der Waals surface area contributed by atoms with Gasteiger partial charge in [0.1, 0.15) is 12.1 Å². The van der Waals surface area contributed by atoms with Gasteiger partial charge < -0.3 is 10.4 Å². The van der Waals surface area contributed by atoms with Gasteiger partial charge in [0, 0.05) is 33.5 Å². The Morgan fingerprint density at radius 2 is 1.52 bits per heavy atom. The molecule has 1 aliphatic rings. The van der Waals surface area contributed by atoms with E-state index in [1.165, 1.54) is 11.1 Å². The Kier molecular flexibility index (Phi) is 5.75. The molecule has 0 saturated carbocycles. The average Bonchev–Trinajstić information content (AvgIpc) is 2.59. The van der Waals surface area contributed by atoms with Gasteiger partial charge in [-0.2, -0.15) is 0 Å². The molecule has 0 aliphatic carbocycles. The standard InChI is InChI=1S/C21H25Cl2NO/c1-3-12-21(25)13-19(15-4-8-17(22)9-5-15)24-20(14(21)2)16-6-10-18(23)11-7-16/h4-11,14,19-20,24-25H,3,12-13H2,1-2H3/p+1/t14-,19+,20-,21+/m0/s1. The van der Waals surface area contributed by atoms with Gasteiger partial charge in [-0.25, -0.2) is 0 Å². The zero-order valence-electron chi connectivity index (χ0n) is 14.8. The maximum Gasteiger partial charge on any atom is 0.117 e. The minimum absolute atomic E-state index is 0.164. The van der Waals surface area contributed by atoms with E-state index in [2.05, 4.69) is 43.4 Å². The molecule has 134 valence electrons. The van der Waals surface area contributed by atoms with E-state index in [0.29, 0.717) is 0 Å². The Bertz CT molecular complexity index is 701. The Labute approximate surface area is 160 Å². The second kappa shape index (κ2) is 7.67. The molecule has 0 unspecified atom stereocenters. The van der Waals surface area contributed by atoms with Crippen LogP contribution in [-0.2, 0) is 0 Å². The lowest BCUT2D eigenvalue weighted by Gasteiger charge is -2.45. The largest absolute Gasteiger partial charge is 0.389 e. The van der Waals surface area contributed by atoms with E-state index < -0.39 is 5.60 Å². The summed E-state index contributed by atoms with van der Waals surface area (Å²) < 4.78 is 0. The first kappa shape index (κ1) is 18.7. The summed E-state index contributed by atoms with van der Waals surface area (Å²) in [6, 6.07) is 16.4.